The molecular weight excluding hydrogens is 302 g/mol. The number of aromatic hydroxyl groups is 1. The molecule has 0 saturated carbocycles. The van der Waals surface area contributed by atoms with E-state index in [0.717, 1.165) is 16.7 Å². The Hall–Kier alpha value is -3.34. The molecule has 0 fully saturated rings. The van der Waals surface area contributed by atoms with E-state index < -0.39 is 5.91 Å². The van der Waals surface area contributed by atoms with E-state index in [0.29, 0.717) is 22.9 Å². The van der Waals surface area contributed by atoms with Gasteiger partial charge in [-0.05, 0) is 36.4 Å². The molecule has 24 heavy (non-hydrogen) atoms. The molecule has 2 aromatic heterocycles. The molecule has 118 valence electrons. The molecular formula is C19H15N3O2. The monoisotopic (exact) mass is 317 g/mol. The second kappa shape index (κ2) is 5.38. The molecule has 1 amide bonds. The van der Waals surface area contributed by atoms with Crippen LogP contribution in [0.3, 0.4) is 0 Å². The zero-order valence-corrected chi connectivity index (χ0v) is 12.8. The maximum atomic E-state index is 11.9. The first-order chi connectivity index (χ1) is 11.7. The molecule has 0 aliphatic carbocycles. The summed E-state index contributed by atoms with van der Waals surface area (Å²) in [5, 5.41) is 11.7. The topological polar surface area (TPSA) is 81.1 Å². The molecule has 4 aromatic rings. The minimum atomic E-state index is -0.513. The van der Waals surface area contributed by atoms with Gasteiger partial charge in [0.25, 0.3) is 0 Å². The van der Waals surface area contributed by atoms with E-state index in [1.807, 2.05) is 34.9 Å². The van der Waals surface area contributed by atoms with E-state index in [-0.39, 0.29) is 5.75 Å². The van der Waals surface area contributed by atoms with Crippen LogP contribution in [0.2, 0.25) is 0 Å². The molecule has 0 atom stereocenters. The van der Waals surface area contributed by atoms with Gasteiger partial charge in [0, 0.05) is 17.1 Å². The van der Waals surface area contributed by atoms with Crippen molar-refractivity contribution in [1.29, 1.82) is 0 Å². The quantitative estimate of drug-likeness (QED) is 0.609. The smallest absolute Gasteiger partial charge is 0.249 e. The zero-order valence-electron chi connectivity index (χ0n) is 12.8. The van der Waals surface area contributed by atoms with Gasteiger partial charge in [0.1, 0.15) is 5.75 Å². The lowest BCUT2D eigenvalue weighted by Gasteiger charge is -2.07. The summed E-state index contributed by atoms with van der Waals surface area (Å²) < 4.78 is 2.04. The number of fused-ring (bicyclic) bond motifs is 3. The van der Waals surface area contributed by atoms with Gasteiger partial charge < -0.3 is 15.4 Å². The highest BCUT2D eigenvalue weighted by Crippen LogP contribution is 2.37. The number of carbonyl (C=O) groups is 1. The van der Waals surface area contributed by atoms with E-state index in [4.69, 9.17) is 5.73 Å². The van der Waals surface area contributed by atoms with Gasteiger partial charge >= 0.3 is 0 Å². The summed E-state index contributed by atoms with van der Waals surface area (Å²) in [6.45, 7) is 0.534. The molecule has 5 heteroatoms. The third kappa shape index (κ3) is 2.10. The Bertz CT molecular complexity index is 1070. The highest BCUT2D eigenvalue weighted by molar-refractivity contribution is 6.19. The molecule has 5 nitrogen and oxygen atoms in total. The average molecular weight is 317 g/mol. The highest BCUT2D eigenvalue weighted by Gasteiger charge is 2.18. The summed E-state index contributed by atoms with van der Waals surface area (Å²) in [4.78, 5) is 16.2. The molecule has 2 heterocycles. The van der Waals surface area contributed by atoms with Gasteiger partial charge in [0.05, 0.1) is 28.7 Å². The number of phenols is 1. The summed E-state index contributed by atoms with van der Waals surface area (Å²) in [7, 11) is 0. The van der Waals surface area contributed by atoms with Crippen molar-refractivity contribution in [2.75, 3.05) is 0 Å². The molecule has 0 radical (unpaired) electrons. The van der Waals surface area contributed by atoms with Gasteiger partial charge in [-0.1, -0.05) is 18.2 Å². The van der Waals surface area contributed by atoms with E-state index in [1.165, 1.54) is 0 Å². The van der Waals surface area contributed by atoms with E-state index in [1.54, 1.807) is 30.5 Å². The number of amides is 1. The number of aromatic nitrogens is 2. The number of nitrogens with zero attached hydrogens (tertiary/aromatic N) is 2. The van der Waals surface area contributed by atoms with Gasteiger partial charge in [0.15, 0.2) is 0 Å². The Morgan fingerprint density at radius 1 is 1.00 bits per heavy atom. The van der Waals surface area contributed by atoms with Crippen LogP contribution in [-0.2, 0) is 6.54 Å². The second-order valence-electron chi connectivity index (χ2n) is 5.64. The van der Waals surface area contributed by atoms with Crippen molar-refractivity contribution in [3.05, 3.63) is 72.1 Å². The van der Waals surface area contributed by atoms with Crippen LogP contribution in [0.5, 0.6) is 5.75 Å². The summed E-state index contributed by atoms with van der Waals surface area (Å²) in [5.74, 6) is -0.383. The van der Waals surface area contributed by atoms with Crippen molar-refractivity contribution >= 4 is 27.7 Å². The van der Waals surface area contributed by atoms with Gasteiger partial charge in [-0.25, -0.2) is 0 Å². The third-order valence-electron chi connectivity index (χ3n) is 4.21. The number of nitrogens with two attached hydrogens (primary N) is 1. The molecule has 2 aromatic carbocycles. The number of carbonyl (C=O) groups excluding carboxylic acids is 1. The maximum Gasteiger partial charge on any atom is 0.249 e. The van der Waals surface area contributed by atoms with Gasteiger partial charge in [-0.3, -0.25) is 9.78 Å². The van der Waals surface area contributed by atoms with Gasteiger partial charge in [-0.15, -0.1) is 0 Å². The summed E-state index contributed by atoms with van der Waals surface area (Å²) in [6.07, 6.45) is 1.75. The fraction of sp³-hybridized carbons (Fsp3) is 0.0526. The molecule has 0 bridgehead atoms. The van der Waals surface area contributed by atoms with Gasteiger partial charge in [0.2, 0.25) is 5.91 Å². The molecule has 0 spiro atoms. The Labute approximate surface area is 138 Å². The van der Waals surface area contributed by atoms with Crippen LogP contribution in [0.15, 0.2) is 60.8 Å². The fourth-order valence-corrected chi connectivity index (χ4v) is 3.20. The first kappa shape index (κ1) is 14.3. The number of rotatable bonds is 3. The van der Waals surface area contributed by atoms with Crippen LogP contribution in [0.1, 0.15) is 16.1 Å². The van der Waals surface area contributed by atoms with Crippen LogP contribution in [0, 0.1) is 0 Å². The minimum Gasteiger partial charge on any atom is -0.507 e. The summed E-state index contributed by atoms with van der Waals surface area (Å²) in [5.41, 5.74) is 8.51. The Morgan fingerprint density at radius 2 is 1.75 bits per heavy atom. The normalized spacial score (nSPS) is 11.2. The molecule has 0 aliphatic rings. The van der Waals surface area contributed by atoms with Crippen molar-refractivity contribution < 1.29 is 9.90 Å². The number of benzene rings is 2. The van der Waals surface area contributed by atoms with Crippen molar-refractivity contribution in [2.24, 2.45) is 5.73 Å². The predicted octanol–water partition coefficient (Wildman–Crippen LogP) is 3.04. The number of pyridine rings is 1. The van der Waals surface area contributed by atoms with E-state index >= 15 is 0 Å². The van der Waals surface area contributed by atoms with Crippen molar-refractivity contribution in [3.63, 3.8) is 0 Å². The lowest BCUT2D eigenvalue weighted by atomic mass is 10.1. The van der Waals surface area contributed by atoms with Crippen molar-refractivity contribution in [2.45, 2.75) is 6.54 Å². The summed E-state index contributed by atoms with van der Waals surface area (Å²) in [6, 6.07) is 16.5. The van der Waals surface area contributed by atoms with Crippen LogP contribution in [0.25, 0.3) is 21.8 Å². The number of phenolic OH excluding ortho intramolecular Hbond substituents is 1. The molecule has 3 N–H and O–H groups in total. The lowest BCUT2D eigenvalue weighted by molar-refractivity contribution is 0.100. The predicted molar refractivity (Wildman–Crippen MR) is 93.0 cm³/mol. The number of hydrogen-bond acceptors (Lipinski definition) is 3. The third-order valence-corrected chi connectivity index (χ3v) is 4.21. The molecule has 4 rings (SSSR count). The number of primary amides is 1. The van der Waals surface area contributed by atoms with E-state index in [2.05, 4.69) is 4.98 Å². The molecule has 0 unspecified atom stereocenters. The zero-order chi connectivity index (χ0) is 16.7. The second-order valence-corrected chi connectivity index (χ2v) is 5.64. The first-order valence-corrected chi connectivity index (χ1v) is 7.59. The number of hydrogen-bond donors (Lipinski definition) is 2. The van der Waals surface area contributed by atoms with Crippen LogP contribution >= 0.6 is 0 Å². The Kier molecular flexibility index (Phi) is 3.20. The SMILES string of the molecule is NC(=O)c1cccc2c1c1c(O)cccc1n2Cc1ccccn1. The molecule has 0 aliphatic heterocycles. The van der Waals surface area contributed by atoms with Gasteiger partial charge in [-0.2, -0.15) is 0 Å². The average Bonchev–Trinajstić information content (AvgIpc) is 2.91. The summed E-state index contributed by atoms with van der Waals surface area (Å²) >= 11 is 0. The first-order valence-electron chi connectivity index (χ1n) is 7.59. The fourth-order valence-electron chi connectivity index (χ4n) is 3.20. The van der Waals surface area contributed by atoms with Crippen LogP contribution in [0.4, 0.5) is 0 Å². The lowest BCUT2D eigenvalue weighted by Crippen LogP contribution is -2.11. The minimum absolute atomic E-state index is 0.131. The maximum absolute atomic E-state index is 11.9. The largest absolute Gasteiger partial charge is 0.507 e. The van der Waals surface area contributed by atoms with E-state index in [9.17, 15) is 9.90 Å². The van der Waals surface area contributed by atoms with Crippen LogP contribution in [-0.4, -0.2) is 20.6 Å². The Balaban J connectivity index is 2.10. The highest BCUT2D eigenvalue weighted by atomic mass is 16.3. The standard InChI is InChI=1S/C19H15N3O2/c20-19(24)13-6-3-7-14-17(13)18-15(8-4-9-16(18)23)22(14)11-12-5-1-2-10-21-12/h1-10,23H,11H2,(H2,20,24). The Morgan fingerprint density at radius 3 is 2.46 bits per heavy atom. The molecule has 0 saturated heterocycles. The van der Waals surface area contributed by atoms with Crippen molar-refractivity contribution in [3.8, 4) is 5.75 Å². The van der Waals surface area contributed by atoms with Crippen LogP contribution < -0.4 is 5.73 Å². The van der Waals surface area contributed by atoms with Crippen molar-refractivity contribution in [1.82, 2.24) is 9.55 Å².